The van der Waals surface area contributed by atoms with Crippen LogP contribution in [-0.4, -0.2) is 31.6 Å². The second-order valence-corrected chi connectivity index (χ2v) is 5.18. The van der Waals surface area contributed by atoms with Crippen LogP contribution in [0.3, 0.4) is 0 Å². The lowest BCUT2D eigenvalue weighted by molar-refractivity contribution is 0.229. The lowest BCUT2D eigenvalue weighted by Crippen LogP contribution is -2.26. The van der Waals surface area contributed by atoms with E-state index in [1.807, 2.05) is 0 Å². The summed E-state index contributed by atoms with van der Waals surface area (Å²) in [5.41, 5.74) is 2.26. The van der Waals surface area contributed by atoms with Crippen LogP contribution in [0.15, 0.2) is 28.7 Å². The standard InChI is InChI=1S/C15H20N2O/c1-11-4-3-5-12-10-14(18-15(11)12)13-6-7-16-8-9-17(13)2/h3-5,10,13,16H,6-9H2,1-2H3. The molecular formula is C15H20N2O. The Bertz CT molecular complexity index is 546. The molecule has 2 aromatic rings. The number of rotatable bonds is 1. The summed E-state index contributed by atoms with van der Waals surface area (Å²) in [6.07, 6.45) is 1.11. The number of aryl methyl sites for hydroxylation is 1. The van der Waals surface area contributed by atoms with Gasteiger partial charge in [0.25, 0.3) is 0 Å². The van der Waals surface area contributed by atoms with Crippen molar-refractivity contribution in [2.45, 2.75) is 19.4 Å². The van der Waals surface area contributed by atoms with Crippen molar-refractivity contribution in [1.82, 2.24) is 10.2 Å². The van der Waals surface area contributed by atoms with Gasteiger partial charge in [0.2, 0.25) is 0 Å². The number of likely N-dealkylation sites (N-methyl/N-ethyl adjacent to an activating group) is 1. The van der Waals surface area contributed by atoms with Crippen LogP contribution in [0.2, 0.25) is 0 Å². The van der Waals surface area contributed by atoms with E-state index in [4.69, 9.17) is 4.42 Å². The molecule has 2 heterocycles. The summed E-state index contributed by atoms with van der Waals surface area (Å²) in [4.78, 5) is 2.38. The lowest BCUT2D eigenvalue weighted by atomic mass is 10.1. The Morgan fingerprint density at radius 1 is 1.33 bits per heavy atom. The van der Waals surface area contributed by atoms with Gasteiger partial charge in [0, 0.05) is 18.5 Å². The highest BCUT2D eigenvalue weighted by molar-refractivity contribution is 5.81. The molecule has 0 saturated carbocycles. The van der Waals surface area contributed by atoms with Crippen LogP contribution in [0.4, 0.5) is 0 Å². The lowest BCUT2D eigenvalue weighted by Gasteiger charge is -2.22. The van der Waals surface area contributed by atoms with E-state index >= 15 is 0 Å². The van der Waals surface area contributed by atoms with E-state index in [0.717, 1.165) is 37.4 Å². The van der Waals surface area contributed by atoms with Gasteiger partial charge in [-0.05, 0) is 38.6 Å². The van der Waals surface area contributed by atoms with Gasteiger partial charge in [-0.15, -0.1) is 0 Å². The molecule has 1 aromatic carbocycles. The molecule has 1 fully saturated rings. The van der Waals surface area contributed by atoms with Gasteiger partial charge in [0.05, 0.1) is 6.04 Å². The molecule has 3 rings (SSSR count). The monoisotopic (exact) mass is 244 g/mol. The van der Waals surface area contributed by atoms with Crippen LogP contribution < -0.4 is 5.32 Å². The molecule has 0 radical (unpaired) electrons. The molecule has 0 spiro atoms. The summed E-state index contributed by atoms with van der Waals surface area (Å²) in [5, 5.41) is 4.66. The SMILES string of the molecule is Cc1cccc2cc(C3CCNCCN3C)oc12. The molecule has 1 aliphatic rings. The third kappa shape index (κ3) is 2.04. The van der Waals surface area contributed by atoms with Crippen molar-refractivity contribution >= 4 is 11.0 Å². The molecule has 1 N–H and O–H groups in total. The van der Waals surface area contributed by atoms with Gasteiger partial charge < -0.3 is 9.73 Å². The largest absolute Gasteiger partial charge is 0.459 e. The zero-order chi connectivity index (χ0) is 12.5. The smallest absolute Gasteiger partial charge is 0.137 e. The fourth-order valence-corrected chi connectivity index (χ4v) is 2.75. The number of para-hydroxylation sites is 1. The van der Waals surface area contributed by atoms with Crippen LogP contribution in [0.25, 0.3) is 11.0 Å². The van der Waals surface area contributed by atoms with Gasteiger partial charge >= 0.3 is 0 Å². The minimum atomic E-state index is 0.395. The van der Waals surface area contributed by atoms with E-state index in [0.29, 0.717) is 6.04 Å². The summed E-state index contributed by atoms with van der Waals surface area (Å²) < 4.78 is 6.09. The average Bonchev–Trinajstić information content (AvgIpc) is 2.67. The van der Waals surface area contributed by atoms with Crippen molar-refractivity contribution in [2.24, 2.45) is 0 Å². The van der Waals surface area contributed by atoms with Gasteiger partial charge in [-0.2, -0.15) is 0 Å². The molecule has 18 heavy (non-hydrogen) atoms. The Labute approximate surface area is 108 Å². The quantitative estimate of drug-likeness (QED) is 0.836. The molecule has 3 heteroatoms. The first-order valence-corrected chi connectivity index (χ1v) is 6.66. The molecule has 0 aliphatic carbocycles. The normalized spacial score (nSPS) is 22.2. The minimum Gasteiger partial charge on any atom is -0.459 e. The molecule has 96 valence electrons. The number of nitrogens with one attached hydrogen (secondary N) is 1. The number of hydrogen-bond donors (Lipinski definition) is 1. The number of benzene rings is 1. The first-order valence-electron chi connectivity index (χ1n) is 6.66. The number of nitrogens with zero attached hydrogens (tertiary/aromatic N) is 1. The van der Waals surface area contributed by atoms with Gasteiger partial charge in [0.1, 0.15) is 11.3 Å². The second-order valence-electron chi connectivity index (χ2n) is 5.18. The van der Waals surface area contributed by atoms with Crippen LogP contribution in [0.5, 0.6) is 0 Å². The highest BCUT2D eigenvalue weighted by Gasteiger charge is 2.22. The van der Waals surface area contributed by atoms with Crippen LogP contribution in [0, 0.1) is 6.92 Å². The molecular weight excluding hydrogens is 224 g/mol. The van der Waals surface area contributed by atoms with Crippen molar-refractivity contribution in [1.29, 1.82) is 0 Å². The van der Waals surface area contributed by atoms with Crippen molar-refractivity contribution in [3.05, 3.63) is 35.6 Å². The predicted octanol–water partition coefficient (Wildman–Crippen LogP) is 2.71. The summed E-state index contributed by atoms with van der Waals surface area (Å²) >= 11 is 0. The number of furan rings is 1. The first kappa shape index (κ1) is 11.8. The van der Waals surface area contributed by atoms with E-state index in [1.54, 1.807) is 0 Å². The minimum absolute atomic E-state index is 0.395. The molecule has 1 atom stereocenters. The Morgan fingerprint density at radius 3 is 3.06 bits per heavy atom. The highest BCUT2D eigenvalue weighted by atomic mass is 16.3. The van der Waals surface area contributed by atoms with E-state index in [9.17, 15) is 0 Å². The van der Waals surface area contributed by atoms with Gasteiger partial charge in [-0.1, -0.05) is 18.2 Å². The summed E-state index contributed by atoms with van der Waals surface area (Å²) in [6.45, 7) is 5.30. The van der Waals surface area contributed by atoms with Gasteiger partial charge in [-0.25, -0.2) is 0 Å². The maximum Gasteiger partial charge on any atom is 0.137 e. The zero-order valence-electron chi connectivity index (χ0n) is 11.1. The van der Waals surface area contributed by atoms with Crippen LogP contribution in [0.1, 0.15) is 23.8 Å². The Morgan fingerprint density at radius 2 is 2.22 bits per heavy atom. The number of hydrogen-bond acceptors (Lipinski definition) is 3. The van der Waals surface area contributed by atoms with Crippen LogP contribution >= 0.6 is 0 Å². The highest BCUT2D eigenvalue weighted by Crippen LogP contribution is 2.30. The molecule has 1 aliphatic heterocycles. The van der Waals surface area contributed by atoms with Crippen LogP contribution in [-0.2, 0) is 0 Å². The predicted molar refractivity (Wildman–Crippen MR) is 73.8 cm³/mol. The Kier molecular flexibility index (Phi) is 3.10. The maximum absolute atomic E-state index is 6.09. The molecule has 3 nitrogen and oxygen atoms in total. The summed E-state index contributed by atoms with van der Waals surface area (Å²) in [7, 11) is 2.18. The third-order valence-electron chi connectivity index (χ3n) is 3.86. The molecule has 1 aromatic heterocycles. The second kappa shape index (κ2) is 4.75. The van der Waals surface area contributed by atoms with E-state index in [1.165, 1.54) is 10.9 Å². The van der Waals surface area contributed by atoms with Crippen molar-refractivity contribution in [3.8, 4) is 0 Å². The Balaban J connectivity index is 2.00. The van der Waals surface area contributed by atoms with Crippen molar-refractivity contribution in [3.63, 3.8) is 0 Å². The van der Waals surface area contributed by atoms with Gasteiger partial charge in [0.15, 0.2) is 0 Å². The van der Waals surface area contributed by atoms with Crippen molar-refractivity contribution < 1.29 is 4.42 Å². The fraction of sp³-hybridized carbons (Fsp3) is 0.467. The van der Waals surface area contributed by atoms with E-state index in [-0.39, 0.29) is 0 Å². The maximum atomic E-state index is 6.09. The van der Waals surface area contributed by atoms with Crippen molar-refractivity contribution in [2.75, 3.05) is 26.7 Å². The topological polar surface area (TPSA) is 28.4 Å². The third-order valence-corrected chi connectivity index (χ3v) is 3.86. The Hall–Kier alpha value is -1.32. The first-order chi connectivity index (χ1) is 8.75. The molecule has 1 unspecified atom stereocenters. The fourth-order valence-electron chi connectivity index (χ4n) is 2.75. The zero-order valence-corrected chi connectivity index (χ0v) is 11.1. The average molecular weight is 244 g/mol. The molecule has 0 amide bonds. The van der Waals surface area contributed by atoms with E-state index < -0.39 is 0 Å². The molecule has 1 saturated heterocycles. The van der Waals surface area contributed by atoms with Gasteiger partial charge in [-0.3, -0.25) is 4.90 Å². The summed E-state index contributed by atoms with van der Waals surface area (Å²) in [5.74, 6) is 1.10. The molecule has 0 bridgehead atoms. The van der Waals surface area contributed by atoms with E-state index in [2.05, 4.69) is 48.5 Å². The summed E-state index contributed by atoms with van der Waals surface area (Å²) in [6, 6.07) is 8.93. The number of fused-ring (bicyclic) bond motifs is 1.